The van der Waals surface area contributed by atoms with E-state index in [2.05, 4.69) is 32.3 Å². The Kier molecular flexibility index (Phi) is 4.13. The predicted octanol–water partition coefficient (Wildman–Crippen LogP) is 6.04. The molecule has 1 atom stereocenters. The zero-order valence-electron chi connectivity index (χ0n) is 11.5. The first-order chi connectivity index (χ1) is 10.2. The first-order valence-corrected chi connectivity index (χ1v) is 7.93. The molecule has 0 aliphatic carbocycles. The molecule has 0 spiro atoms. The van der Waals surface area contributed by atoms with E-state index in [1.54, 1.807) is 0 Å². The summed E-state index contributed by atoms with van der Waals surface area (Å²) in [7, 11) is 0. The van der Waals surface area contributed by atoms with Gasteiger partial charge in [-0.3, -0.25) is 0 Å². The zero-order chi connectivity index (χ0) is 14.8. The molecule has 106 valence electrons. The molecule has 0 radical (unpaired) electrons. The lowest BCUT2D eigenvalue weighted by atomic mass is 10.1. The second kappa shape index (κ2) is 6.04. The Morgan fingerprint density at radius 2 is 1.86 bits per heavy atom. The molecule has 3 rings (SSSR count). The van der Waals surface area contributed by atoms with Crippen LogP contribution in [0.25, 0.3) is 10.8 Å². The molecule has 1 aromatic heterocycles. The SMILES string of the molecule is CC(Cl)c1ccccc1Nc1nccc2c(Br)cccc12. The summed E-state index contributed by atoms with van der Waals surface area (Å²) in [6, 6.07) is 16.1. The molecule has 2 aromatic carbocycles. The summed E-state index contributed by atoms with van der Waals surface area (Å²) in [4.78, 5) is 4.47. The number of pyridine rings is 1. The van der Waals surface area contributed by atoms with Gasteiger partial charge >= 0.3 is 0 Å². The van der Waals surface area contributed by atoms with Gasteiger partial charge in [-0.05, 0) is 30.7 Å². The van der Waals surface area contributed by atoms with Crippen molar-refractivity contribution < 1.29 is 0 Å². The van der Waals surface area contributed by atoms with Crippen molar-refractivity contribution in [3.05, 3.63) is 64.8 Å². The third-order valence-corrected chi connectivity index (χ3v) is 4.32. The van der Waals surface area contributed by atoms with Gasteiger partial charge in [-0.25, -0.2) is 4.98 Å². The van der Waals surface area contributed by atoms with Crippen molar-refractivity contribution in [3.8, 4) is 0 Å². The van der Waals surface area contributed by atoms with E-state index in [0.717, 1.165) is 32.3 Å². The van der Waals surface area contributed by atoms with Gasteiger partial charge in [-0.1, -0.05) is 46.3 Å². The normalized spacial score (nSPS) is 12.3. The fourth-order valence-electron chi connectivity index (χ4n) is 2.35. The third-order valence-electron chi connectivity index (χ3n) is 3.40. The molecule has 1 unspecified atom stereocenters. The molecule has 0 aliphatic heterocycles. The minimum absolute atomic E-state index is 0.0598. The molecule has 3 aromatic rings. The first-order valence-electron chi connectivity index (χ1n) is 6.70. The van der Waals surface area contributed by atoms with Gasteiger partial charge in [0.15, 0.2) is 0 Å². The number of fused-ring (bicyclic) bond motifs is 1. The van der Waals surface area contributed by atoms with Crippen LogP contribution < -0.4 is 5.32 Å². The molecule has 1 heterocycles. The Bertz CT molecular complexity index is 787. The molecule has 1 N–H and O–H groups in total. The van der Waals surface area contributed by atoms with Gasteiger partial charge in [0.25, 0.3) is 0 Å². The Balaban J connectivity index is 2.09. The number of rotatable bonds is 3. The van der Waals surface area contributed by atoms with Gasteiger partial charge < -0.3 is 5.32 Å². The summed E-state index contributed by atoms with van der Waals surface area (Å²) in [5.74, 6) is 0.832. The van der Waals surface area contributed by atoms with Crippen LogP contribution in [-0.2, 0) is 0 Å². The fourth-order valence-corrected chi connectivity index (χ4v) is 3.04. The summed E-state index contributed by atoms with van der Waals surface area (Å²) in [6.07, 6.45) is 1.81. The van der Waals surface area contributed by atoms with Crippen LogP contribution in [0.5, 0.6) is 0 Å². The van der Waals surface area contributed by atoms with Crippen LogP contribution >= 0.6 is 27.5 Å². The maximum atomic E-state index is 6.25. The average molecular weight is 362 g/mol. The van der Waals surface area contributed by atoms with Crippen LogP contribution in [0.4, 0.5) is 11.5 Å². The lowest BCUT2D eigenvalue weighted by molar-refractivity contribution is 1.08. The van der Waals surface area contributed by atoms with Crippen LogP contribution in [-0.4, -0.2) is 4.98 Å². The van der Waals surface area contributed by atoms with E-state index < -0.39 is 0 Å². The van der Waals surface area contributed by atoms with E-state index in [1.807, 2.05) is 55.6 Å². The highest BCUT2D eigenvalue weighted by molar-refractivity contribution is 9.10. The Morgan fingerprint density at radius 3 is 2.67 bits per heavy atom. The topological polar surface area (TPSA) is 24.9 Å². The molecule has 21 heavy (non-hydrogen) atoms. The van der Waals surface area contributed by atoms with Gasteiger partial charge in [0.1, 0.15) is 5.82 Å². The quantitative estimate of drug-likeness (QED) is 0.575. The number of nitrogens with one attached hydrogen (secondary N) is 1. The Labute approximate surface area is 137 Å². The van der Waals surface area contributed by atoms with Crippen LogP contribution in [0.1, 0.15) is 17.9 Å². The van der Waals surface area contributed by atoms with Gasteiger partial charge in [-0.15, -0.1) is 11.6 Å². The lowest BCUT2D eigenvalue weighted by Gasteiger charge is -2.14. The van der Waals surface area contributed by atoms with E-state index in [4.69, 9.17) is 11.6 Å². The molecule has 0 aliphatic rings. The number of aromatic nitrogens is 1. The summed E-state index contributed by atoms with van der Waals surface area (Å²) in [6.45, 7) is 1.97. The van der Waals surface area contributed by atoms with E-state index in [0.29, 0.717) is 0 Å². The third kappa shape index (κ3) is 2.89. The Morgan fingerprint density at radius 1 is 1.05 bits per heavy atom. The van der Waals surface area contributed by atoms with Crippen molar-refractivity contribution in [3.63, 3.8) is 0 Å². The largest absolute Gasteiger partial charge is 0.339 e. The summed E-state index contributed by atoms with van der Waals surface area (Å²) in [5, 5.41) is 5.55. The van der Waals surface area contributed by atoms with Gasteiger partial charge in [0.2, 0.25) is 0 Å². The maximum Gasteiger partial charge on any atom is 0.138 e. The molecule has 4 heteroatoms. The number of hydrogen-bond acceptors (Lipinski definition) is 2. The van der Waals surface area contributed by atoms with Crippen molar-refractivity contribution in [1.82, 2.24) is 4.98 Å². The zero-order valence-corrected chi connectivity index (χ0v) is 13.8. The maximum absolute atomic E-state index is 6.25. The smallest absolute Gasteiger partial charge is 0.138 e. The van der Waals surface area contributed by atoms with Gasteiger partial charge in [0, 0.05) is 27.1 Å². The Hall–Kier alpha value is -1.58. The lowest BCUT2D eigenvalue weighted by Crippen LogP contribution is -1.99. The monoisotopic (exact) mass is 360 g/mol. The average Bonchev–Trinajstić information content (AvgIpc) is 2.49. The minimum atomic E-state index is -0.0598. The molecule has 0 amide bonds. The number of hydrogen-bond donors (Lipinski definition) is 1. The standard InChI is InChI=1S/C17H14BrClN2/c1-11(19)12-5-2-3-8-16(12)21-17-14-6-4-7-15(18)13(14)9-10-20-17/h2-11H,1H3,(H,20,21). The van der Waals surface area contributed by atoms with E-state index >= 15 is 0 Å². The van der Waals surface area contributed by atoms with Crippen molar-refractivity contribution >= 4 is 49.8 Å². The number of halogens is 2. The van der Waals surface area contributed by atoms with Crippen LogP contribution in [0.2, 0.25) is 0 Å². The first kappa shape index (κ1) is 14.4. The molecule has 0 saturated carbocycles. The highest BCUT2D eigenvalue weighted by atomic mass is 79.9. The fraction of sp³-hybridized carbons (Fsp3) is 0.118. The van der Waals surface area contributed by atoms with Crippen molar-refractivity contribution in [2.45, 2.75) is 12.3 Å². The van der Waals surface area contributed by atoms with Crippen molar-refractivity contribution in [2.75, 3.05) is 5.32 Å². The second-order valence-electron chi connectivity index (χ2n) is 4.82. The number of anilines is 2. The minimum Gasteiger partial charge on any atom is -0.339 e. The number of nitrogens with zero attached hydrogens (tertiary/aromatic N) is 1. The van der Waals surface area contributed by atoms with E-state index in [-0.39, 0.29) is 5.38 Å². The highest BCUT2D eigenvalue weighted by Crippen LogP contribution is 2.32. The summed E-state index contributed by atoms with van der Waals surface area (Å²) < 4.78 is 1.06. The van der Waals surface area contributed by atoms with Crippen LogP contribution in [0, 0.1) is 0 Å². The molecule has 2 nitrogen and oxygen atoms in total. The summed E-state index contributed by atoms with van der Waals surface area (Å²) >= 11 is 9.83. The molecular weight excluding hydrogens is 348 g/mol. The molecule has 0 saturated heterocycles. The highest BCUT2D eigenvalue weighted by Gasteiger charge is 2.10. The van der Waals surface area contributed by atoms with Crippen molar-refractivity contribution in [2.24, 2.45) is 0 Å². The number of para-hydroxylation sites is 1. The van der Waals surface area contributed by atoms with Crippen LogP contribution in [0.15, 0.2) is 59.2 Å². The van der Waals surface area contributed by atoms with E-state index in [9.17, 15) is 0 Å². The predicted molar refractivity (Wildman–Crippen MR) is 93.4 cm³/mol. The van der Waals surface area contributed by atoms with Gasteiger partial charge in [-0.2, -0.15) is 0 Å². The number of alkyl halides is 1. The summed E-state index contributed by atoms with van der Waals surface area (Å²) in [5.41, 5.74) is 2.05. The van der Waals surface area contributed by atoms with Crippen molar-refractivity contribution in [1.29, 1.82) is 0 Å². The van der Waals surface area contributed by atoms with Gasteiger partial charge in [0.05, 0.1) is 5.38 Å². The number of benzene rings is 2. The second-order valence-corrected chi connectivity index (χ2v) is 6.33. The molecule has 0 fully saturated rings. The van der Waals surface area contributed by atoms with Crippen LogP contribution in [0.3, 0.4) is 0 Å². The van der Waals surface area contributed by atoms with E-state index in [1.165, 1.54) is 0 Å². The molecule has 0 bridgehead atoms. The molecular formula is C17H14BrClN2.